The first-order valence-corrected chi connectivity index (χ1v) is 27.2. The van der Waals surface area contributed by atoms with Crippen LogP contribution in [0.3, 0.4) is 0 Å². The minimum absolute atomic E-state index is 0.0131. The second kappa shape index (κ2) is 38.4. The van der Waals surface area contributed by atoms with E-state index in [1.807, 2.05) is 6.07 Å². The predicted octanol–water partition coefficient (Wildman–Crippen LogP) is 16.5. The van der Waals surface area contributed by atoms with Crippen molar-refractivity contribution in [2.75, 3.05) is 48.8 Å². The normalized spacial score (nSPS) is 12.5. The van der Waals surface area contributed by atoms with E-state index >= 15 is 0 Å². The number of benzene rings is 3. The third kappa shape index (κ3) is 26.1. The Hall–Kier alpha value is -5.34. The molecule has 3 rings (SSSR count). The first kappa shape index (κ1) is 63.7. The van der Waals surface area contributed by atoms with Gasteiger partial charge in [-0.15, -0.1) is 0 Å². The quantitative estimate of drug-likeness (QED) is 0.0163. The van der Waals surface area contributed by atoms with Crippen LogP contribution in [0.15, 0.2) is 54.6 Å². The molecule has 0 bridgehead atoms. The first-order valence-electron chi connectivity index (χ1n) is 27.2. The number of aromatic hydroxyl groups is 1. The van der Waals surface area contributed by atoms with Crippen molar-refractivity contribution in [1.82, 2.24) is 0 Å². The van der Waals surface area contributed by atoms with E-state index in [2.05, 4.69) is 72.5 Å². The fourth-order valence-electron chi connectivity index (χ4n) is 8.22. The third-order valence-electron chi connectivity index (χ3n) is 13.4. The molecule has 3 aromatic rings. The van der Waals surface area contributed by atoms with Gasteiger partial charge >= 0.3 is 0 Å². The number of nitrogens with zero attached hydrogens (tertiary/aromatic N) is 4. The van der Waals surface area contributed by atoms with Crippen LogP contribution >= 0.6 is 0 Å². The van der Waals surface area contributed by atoms with Gasteiger partial charge in [-0.1, -0.05) is 159 Å². The van der Waals surface area contributed by atoms with E-state index in [9.17, 15) is 30.3 Å². The summed E-state index contributed by atoms with van der Waals surface area (Å²) < 4.78 is 12.4. The fourth-order valence-corrected chi connectivity index (χ4v) is 8.22. The van der Waals surface area contributed by atoms with Gasteiger partial charge in [-0.05, 0) is 74.0 Å². The number of nitrogens with one attached hydrogen (secondary N) is 1. The number of hydrogen-bond acceptors (Lipinski definition) is 12. The molecule has 0 saturated carbocycles. The van der Waals surface area contributed by atoms with E-state index in [4.69, 9.17) is 20.3 Å². The zero-order valence-electron chi connectivity index (χ0n) is 45.3. The van der Waals surface area contributed by atoms with Crippen LogP contribution in [0.1, 0.15) is 191 Å². The molecule has 402 valence electrons. The van der Waals surface area contributed by atoms with E-state index in [-0.39, 0.29) is 38.3 Å². The third-order valence-corrected chi connectivity index (χ3v) is 13.4. The number of nitrogens with two attached hydrogens (primary N) is 1. The Kier molecular flexibility index (Phi) is 34.4. The molecule has 15 nitrogen and oxygen atoms in total. The van der Waals surface area contributed by atoms with Gasteiger partial charge in [-0.2, -0.15) is 0 Å². The summed E-state index contributed by atoms with van der Waals surface area (Å²) in [5.41, 5.74) is 6.99. The Balaban J connectivity index is 0.000000591. The Labute approximate surface area is 427 Å². The summed E-state index contributed by atoms with van der Waals surface area (Å²) in [7, 11) is 0. The van der Waals surface area contributed by atoms with Gasteiger partial charge in [-0.25, -0.2) is 0 Å². The number of phenolic OH excluding ortho intramolecular Hbond substituents is 1. The minimum atomic E-state index is -0.574. The van der Waals surface area contributed by atoms with Crippen LogP contribution in [0.5, 0.6) is 17.2 Å². The topological polar surface area (TPSA) is 209 Å². The van der Waals surface area contributed by atoms with Gasteiger partial charge < -0.3 is 30.5 Å². The van der Waals surface area contributed by atoms with Crippen LogP contribution in [-0.4, -0.2) is 52.7 Å². The van der Waals surface area contributed by atoms with E-state index < -0.39 is 4.92 Å². The van der Waals surface area contributed by atoms with Crippen LogP contribution in [0.4, 0.5) is 34.1 Å². The molecule has 0 aliphatic rings. The molecule has 4 N–H and O–H groups in total. The van der Waals surface area contributed by atoms with Gasteiger partial charge in [0.05, 0.1) is 45.0 Å². The highest BCUT2D eigenvalue weighted by atomic mass is 16.6. The smallest absolute Gasteiger partial charge is 0.271 e. The molecule has 3 aromatic carbocycles. The molecular formula is C56H94N6O9. The number of nitro benzene ring substituents is 3. The molecule has 71 heavy (non-hydrogen) atoms. The Morgan fingerprint density at radius 1 is 0.549 bits per heavy atom. The molecule has 4 unspecified atom stereocenters. The highest BCUT2D eigenvalue weighted by Gasteiger charge is 2.22. The lowest BCUT2D eigenvalue weighted by Gasteiger charge is -2.31. The van der Waals surface area contributed by atoms with Gasteiger partial charge in [0, 0.05) is 56.0 Å². The fraction of sp³-hybridized carbons (Fsp3) is 0.679. The van der Waals surface area contributed by atoms with Crippen molar-refractivity contribution >= 4 is 34.1 Å². The SMILES string of the molecule is CCCCC(CC)CNc1cc([N+](=O)[O-])ccc1OCC(CC)CCCC.CCCCCCN(CC(CC)CCCC)c1cc([N+](=O)[O-])ccc1OCC(CC)CCCC.Nc1cc([N+](=O)[O-])ccc1O. The number of anilines is 3. The van der Waals surface area contributed by atoms with Gasteiger partial charge in [-0.3, -0.25) is 30.3 Å². The zero-order valence-corrected chi connectivity index (χ0v) is 45.3. The summed E-state index contributed by atoms with van der Waals surface area (Å²) in [6.45, 7) is 24.0. The van der Waals surface area contributed by atoms with Crippen molar-refractivity contribution in [3.05, 3.63) is 84.9 Å². The van der Waals surface area contributed by atoms with Crippen molar-refractivity contribution in [2.24, 2.45) is 23.7 Å². The van der Waals surface area contributed by atoms with Crippen LogP contribution in [-0.2, 0) is 0 Å². The van der Waals surface area contributed by atoms with Crippen molar-refractivity contribution in [3.63, 3.8) is 0 Å². The van der Waals surface area contributed by atoms with Gasteiger partial charge in [0.25, 0.3) is 17.1 Å². The van der Waals surface area contributed by atoms with Crippen LogP contribution in [0.25, 0.3) is 0 Å². The second-order valence-electron chi connectivity index (χ2n) is 19.0. The highest BCUT2D eigenvalue weighted by molar-refractivity contribution is 5.64. The van der Waals surface area contributed by atoms with E-state index in [0.29, 0.717) is 36.9 Å². The summed E-state index contributed by atoms with van der Waals surface area (Å²) in [6, 6.07) is 13.5. The number of hydrogen-bond donors (Lipinski definition) is 3. The molecule has 4 atom stereocenters. The average Bonchev–Trinajstić information content (AvgIpc) is 3.37. The average molecular weight is 995 g/mol. The number of unbranched alkanes of at least 4 members (excludes halogenated alkanes) is 7. The largest absolute Gasteiger partial charge is 0.506 e. The molecule has 0 aliphatic heterocycles. The van der Waals surface area contributed by atoms with Crippen LogP contribution < -0.4 is 25.4 Å². The number of rotatable bonds is 36. The molecule has 0 fully saturated rings. The maximum atomic E-state index is 11.6. The maximum absolute atomic E-state index is 11.6. The monoisotopic (exact) mass is 995 g/mol. The Morgan fingerprint density at radius 3 is 1.46 bits per heavy atom. The lowest BCUT2D eigenvalue weighted by Crippen LogP contribution is -2.31. The van der Waals surface area contributed by atoms with Crippen molar-refractivity contribution in [2.45, 2.75) is 191 Å². The van der Waals surface area contributed by atoms with Gasteiger partial charge in [0.15, 0.2) is 0 Å². The summed E-state index contributed by atoms with van der Waals surface area (Å²) in [5, 5.41) is 45.2. The van der Waals surface area contributed by atoms with Gasteiger partial charge in [0.2, 0.25) is 0 Å². The Morgan fingerprint density at radius 2 is 0.986 bits per heavy atom. The molecule has 0 amide bonds. The summed E-state index contributed by atoms with van der Waals surface area (Å²) >= 11 is 0. The highest BCUT2D eigenvalue weighted by Crippen LogP contribution is 2.36. The second-order valence-corrected chi connectivity index (χ2v) is 19.0. The number of nitro groups is 3. The number of ether oxygens (including phenoxy) is 2. The zero-order chi connectivity index (χ0) is 53.0. The van der Waals surface area contributed by atoms with E-state index in [0.717, 1.165) is 87.1 Å². The van der Waals surface area contributed by atoms with Gasteiger partial charge in [0.1, 0.15) is 17.2 Å². The maximum Gasteiger partial charge on any atom is 0.271 e. The molecular weight excluding hydrogens is 901 g/mol. The number of non-ortho nitro benzene ring substituents is 3. The number of phenols is 1. The predicted molar refractivity (Wildman–Crippen MR) is 294 cm³/mol. The standard InChI is InChI=1S/C28H50N2O3.C22H38N2O3.C6H6N2O3/c1-6-11-14-15-20-29(22-24(9-4)16-12-7-2)27-21-26(30(31)32)18-19-28(27)33-23-25(10-5)17-13-8-3;1-5-9-11-18(7-3)16-23-21-15-20(24(25)26)13-14-22(21)27-17-19(8-4)12-10-6-2;7-5-3-4(8(10)11)1-2-6(5)9/h18-19,21,24-25H,6-17,20,22-23H2,1-5H3;13-15,18-19,23H,5-12,16-17H2,1-4H3;1-3,9H,7H2. The summed E-state index contributed by atoms with van der Waals surface area (Å²) in [6.07, 6.45) is 23.5. The summed E-state index contributed by atoms with van der Waals surface area (Å²) in [4.78, 5) is 34.1. The van der Waals surface area contributed by atoms with Crippen molar-refractivity contribution in [3.8, 4) is 17.2 Å². The van der Waals surface area contributed by atoms with Crippen molar-refractivity contribution in [1.29, 1.82) is 0 Å². The molecule has 0 radical (unpaired) electrons. The van der Waals surface area contributed by atoms with E-state index in [1.54, 1.807) is 24.3 Å². The Bertz CT molecular complexity index is 1920. The molecule has 15 heteroatoms. The van der Waals surface area contributed by atoms with Crippen LogP contribution in [0, 0.1) is 54.0 Å². The van der Waals surface area contributed by atoms with E-state index in [1.165, 1.54) is 108 Å². The molecule has 0 aromatic heterocycles. The lowest BCUT2D eigenvalue weighted by atomic mass is 9.98. The van der Waals surface area contributed by atoms with Crippen LogP contribution in [0.2, 0.25) is 0 Å². The lowest BCUT2D eigenvalue weighted by molar-refractivity contribution is -0.385. The molecule has 0 saturated heterocycles. The molecule has 0 heterocycles. The number of nitrogen functional groups attached to an aromatic ring is 1. The molecule has 0 spiro atoms. The minimum Gasteiger partial charge on any atom is -0.506 e. The molecule has 0 aliphatic carbocycles. The van der Waals surface area contributed by atoms with Crippen molar-refractivity contribution < 1.29 is 29.4 Å². The summed E-state index contributed by atoms with van der Waals surface area (Å²) in [5.74, 6) is 3.61. The first-order chi connectivity index (χ1) is 34.2.